The topological polar surface area (TPSA) is 64.6 Å². The van der Waals surface area contributed by atoms with Crippen LogP contribution in [0.5, 0.6) is 0 Å². The Hall–Kier alpha value is -1.59. The number of carbonyl (C=O) groups is 1. The number of likely N-dealkylation sites (N-methyl/N-ethyl adjacent to an activating group) is 1. The molecule has 1 amide bonds. The van der Waals surface area contributed by atoms with Gasteiger partial charge in [-0.3, -0.25) is 4.79 Å². The normalized spacial score (nSPS) is 22.3. The van der Waals surface area contributed by atoms with E-state index in [9.17, 15) is 9.90 Å². The van der Waals surface area contributed by atoms with E-state index in [-0.39, 0.29) is 11.9 Å². The molecule has 114 valence electrons. The molecule has 0 aliphatic carbocycles. The minimum atomic E-state index is -0.223. The Balaban J connectivity index is 1.76. The van der Waals surface area contributed by atoms with Crippen molar-refractivity contribution in [1.29, 1.82) is 0 Å². The maximum Gasteiger partial charge on any atom is 0.246 e. The molecule has 1 saturated heterocycles. The van der Waals surface area contributed by atoms with Gasteiger partial charge in [0.15, 0.2) is 0 Å². The minimum absolute atomic E-state index is 0.0305. The molecule has 2 aliphatic rings. The van der Waals surface area contributed by atoms with Crippen LogP contribution in [0, 0.1) is 5.92 Å². The van der Waals surface area contributed by atoms with Crippen molar-refractivity contribution in [3.05, 3.63) is 23.8 Å². The number of fused-ring (bicyclic) bond motifs is 1. The molecule has 5 heteroatoms. The van der Waals surface area contributed by atoms with Gasteiger partial charge in [-0.15, -0.1) is 0 Å². The molecule has 1 aromatic rings. The van der Waals surface area contributed by atoms with Crippen LogP contribution in [-0.4, -0.2) is 37.3 Å². The molecule has 0 bridgehead atoms. The molecule has 1 unspecified atom stereocenters. The fourth-order valence-electron chi connectivity index (χ4n) is 3.23. The predicted molar refractivity (Wildman–Crippen MR) is 83.5 cm³/mol. The van der Waals surface area contributed by atoms with Crippen LogP contribution in [-0.2, 0) is 4.79 Å². The molecule has 1 fully saturated rings. The summed E-state index contributed by atoms with van der Waals surface area (Å²) in [6, 6.07) is 6.00. The van der Waals surface area contributed by atoms with Crippen LogP contribution < -0.4 is 15.5 Å². The van der Waals surface area contributed by atoms with Crippen molar-refractivity contribution in [2.75, 3.05) is 36.5 Å². The highest BCUT2D eigenvalue weighted by Crippen LogP contribution is 2.35. The smallest absolute Gasteiger partial charge is 0.246 e. The summed E-state index contributed by atoms with van der Waals surface area (Å²) in [7, 11) is 0. The first kappa shape index (κ1) is 14.4. The van der Waals surface area contributed by atoms with Gasteiger partial charge < -0.3 is 20.6 Å². The molecule has 2 heterocycles. The lowest BCUT2D eigenvalue weighted by Gasteiger charge is -2.33. The monoisotopic (exact) mass is 289 g/mol. The number of hydrogen-bond acceptors (Lipinski definition) is 4. The number of piperidine rings is 1. The van der Waals surface area contributed by atoms with Crippen LogP contribution in [0.3, 0.4) is 0 Å². The van der Waals surface area contributed by atoms with Crippen LogP contribution in [0.15, 0.2) is 18.2 Å². The average Bonchev–Trinajstić information content (AvgIpc) is 2.83. The Morgan fingerprint density at radius 1 is 1.38 bits per heavy atom. The third-order valence-electron chi connectivity index (χ3n) is 4.51. The molecule has 1 atom stereocenters. The molecular formula is C16H23N3O2. The van der Waals surface area contributed by atoms with Crippen molar-refractivity contribution in [3.8, 4) is 0 Å². The summed E-state index contributed by atoms with van der Waals surface area (Å²) in [4.78, 5) is 14.3. The summed E-state index contributed by atoms with van der Waals surface area (Å²) in [5.41, 5.74) is 3.12. The first-order chi connectivity index (χ1) is 10.2. The Morgan fingerprint density at radius 3 is 2.81 bits per heavy atom. The molecule has 5 nitrogen and oxygen atoms in total. The standard InChI is InChI=1S/C16H23N3O2/c1-2-17-15-13-4-3-12(9-14(13)18-16(15)21)19-7-5-11(10-20)6-8-19/h3-4,9,11,15,17,20H,2,5-8,10H2,1H3,(H,18,21). The number of aliphatic hydroxyl groups is 1. The maximum absolute atomic E-state index is 12.0. The molecule has 0 saturated carbocycles. The van der Waals surface area contributed by atoms with E-state index in [4.69, 9.17) is 0 Å². The van der Waals surface area contributed by atoms with Gasteiger partial charge in [0.25, 0.3) is 0 Å². The summed E-state index contributed by atoms with van der Waals surface area (Å²) in [6.45, 7) is 5.00. The molecule has 1 aromatic carbocycles. The number of hydrogen-bond donors (Lipinski definition) is 3. The second-order valence-electron chi connectivity index (χ2n) is 5.86. The van der Waals surface area contributed by atoms with Gasteiger partial charge in [-0.25, -0.2) is 0 Å². The van der Waals surface area contributed by atoms with E-state index in [0.717, 1.165) is 49.4 Å². The Bertz CT molecular complexity index is 524. The highest BCUT2D eigenvalue weighted by Gasteiger charge is 2.30. The molecule has 0 aromatic heterocycles. The van der Waals surface area contributed by atoms with E-state index < -0.39 is 0 Å². The number of nitrogens with one attached hydrogen (secondary N) is 2. The first-order valence-electron chi connectivity index (χ1n) is 7.77. The number of aliphatic hydroxyl groups excluding tert-OH is 1. The van der Waals surface area contributed by atoms with Gasteiger partial charge in [-0.05, 0) is 37.4 Å². The number of amides is 1. The van der Waals surface area contributed by atoms with Crippen LogP contribution in [0.25, 0.3) is 0 Å². The van der Waals surface area contributed by atoms with Crippen LogP contribution in [0.1, 0.15) is 31.4 Å². The Labute approximate surface area is 125 Å². The minimum Gasteiger partial charge on any atom is -0.396 e. The van der Waals surface area contributed by atoms with Crippen molar-refractivity contribution in [3.63, 3.8) is 0 Å². The fourth-order valence-corrected chi connectivity index (χ4v) is 3.23. The number of carbonyl (C=O) groups excluding carboxylic acids is 1. The predicted octanol–water partition coefficient (Wildman–Crippen LogP) is 1.50. The van der Waals surface area contributed by atoms with E-state index in [1.807, 2.05) is 13.0 Å². The van der Waals surface area contributed by atoms with Gasteiger partial charge in [0, 0.05) is 36.6 Å². The summed E-state index contributed by atoms with van der Waals surface area (Å²) < 4.78 is 0. The van der Waals surface area contributed by atoms with Crippen molar-refractivity contribution in [2.45, 2.75) is 25.8 Å². The number of rotatable bonds is 4. The molecule has 0 radical (unpaired) electrons. The van der Waals surface area contributed by atoms with Crippen molar-refractivity contribution in [1.82, 2.24) is 5.32 Å². The second kappa shape index (κ2) is 6.03. The summed E-state index contributed by atoms with van der Waals surface area (Å²) in [6.07, 6.45) is 2.06. The molecule has 21 heavy (non-hydrogen) atoms. The number of nitrogens with zero attached hydrogens (tertiary/aromatic N) is 1. The summed E-state index contributed by atoms with van der Waals surface area (Å²) in [5, 5.41) is 15.4. The fraction of sp³-hybridized carbons (Fsp3) is 0.562. The van der Waals surface area contributed by atoms with Gasteiger partial charge in [-0.1, -0.05) is 13.0 Å². The molecular weight excluding hydrogens is 266 g/mol. The zero-order valence-electron chi connectivity index (χ0n) is 12.4. The van der Waals surface area contributed by atoms with Gasteiger partial charge in [0.2, 0.25) is 5.91 Å². The first-order valence-corrected chi connectivity index (χ1v) is 7.77. The largest absolute Gasteiger partial charge is 0.396 e. The van der Waals surface area contributed by atoms with Gasteiger partial charge in [0.05, 0.1) is 0 Å². The lowest BCUT2D eigenvalue weighted by atomic mass is 9.97. The van der Waals surface area contributed by atoms with E-state index >= 15 is 0 Å². The molecule has 2 aliphatic heterocycles. The van der Waals surface area contributed by atoms with Crippen molar-refractivity contribution in [2.24, 2.45) is 5.92 Å². The number of benzene rings is 1. The quantitative estimate of drug-likeness (QED) is 0.786. The maximum atomic E-state index is 12.0. The van der Waals surface area contributed by atoms with Crippen molar-refractivity contribution < 1.29 is 9.90 Å². The average molecular weight is 289 g/mol. The zero-order chi connectivity index (χ0) is 14.8. The second-order valence-corrected chi connectivity index (χ2v) is 5.86. The lowest BCUT2D eigenvalue weighted by molar-refractivity contribution is -0.117. The van der Waals surface area contributed by atoms with E-state index in [0.29, 0.717) is 12.5 Å². The Morgan fingerprint density at radius 2 is 2.14 bits per heavy atom. The van der Waals surface area contributed by atoms with Gasteiger partial charge >= 0.3 is 0 Å². The van der Waals surface area contributed by atoms with Crippen LogP contribution >= 0.6 is 0 Å². The van der Waals surface area contributed by atoms with Crippen LogP contribution in [0.2, 0.25) is 0 Å². The van der Waals surface area contributed by atoms with Crippen LogP contribution in [0.4, 0.5) is 11.4 Å². The Kier molecular flexibility index (Phi) is 4.12. The molecule has 0 spiro atoms. The SMILES string of the molecule is CCNC1C(=O)Nc2cc(N3CCC(CO)CC3)ccc21. The lowest BCUT2D eigenvalue weighted by Crippen LogP contribution is -2.34. The summed E-state index contributed by atoms with van der Waals surface area (Å²) >= 11 is 0. The number of anilines is 2. The highest BCUT2D eigenvalue weighted by molar-refractivity contribution is 6.03. The zero-order valence-corrected chi connectivity index (χ0v) is 12.4. The van der Waals surface area contributed by atoms with Gasteiger partial charge in [0.1, 0.15) is 6.04 Å². The highest BCUT2D eigenvalue weighted by atomic mass is 16.3. The van der Waals surface area contributed by atoms with E-state index in [1.165, 1.54) is 0 Å². The third-order valence-corrected chi connectivity index (χ3v) is 4.51. The molecule has 3 rings (SSSR count). The molecule has 3 N–H and O–H groups in total. The van der Waals surface area contributed by atoms with Crippen molar-refractivity contribution >= 4 is 17.3 Å². The third kappa shape index (κ3) is 2.76. The van der Waals surface area contributed by atoms with E-state index in [2.05, 4.69) is 27.7 Å². The van der Waals surface area contributed by atoms with E-state index in [1.54, 1.807) is 0 Å². The summed E-state index contributed by atoms with van der Waals surface area (Å²) in [5.74, 6) is 0.469. The van der Waals surface area contributed by atoms with Gasteiger partial charge in [-0.2, -0.15) is 0 Å².